The Balaban J connectivity index is 2.45. The predicted octanol–water partition coefficient (Wildman–Crippen LogP) is 12.9. The first-order valence-corrected chi connectivity index (χ1v) is 21.5. The van der Waals surface area contributed by atoms with E-state index in [0.717, 1.165) is 70.9 Å². The second-order valence-electron chi connectivity index (χ2n) is 17.1. The minimum Gasteiger partial charge on any atom is -0.466 e. The Hall–Kier alpha value is -1.10. The molecule has 2 unspecified atom stereocenters. The van der Waals surface area contributed by atoms with Crippen molar-refractivity contribution in [2.45, 2.75) is 222 Å². The maximum absolute atomic E-state index is 13.8. The van der Waals surface area contributed by atoms with Crippen molar-refractivity contribution < 1.29 is 19.1 Å². The highest BCUT2D eigenvalue weighted by molar-refractivity contribution is 5.77. The number of likely N-dealkylation sites (tertiary alicyclic amines) is 1. The maximum atomic E-state index is 13.8. The van der Waals surface area contributed by atoms with E-state index in [1.807, 2.05) is 0 Å². The van der Waals surface area contributed by atoms with Crippen molar-refractivity contribution in [1.82, 2.24) is 4.90 Å². The third-order valence-corrected chi connectivity index (χ3v) is 12.3. The first-order chi connectivity index (χ1) is 23.5. The van der Waals surface area contributed by atoms with E-state index in [9.17, 15) is 9.59 Å². The lowest BCUT2D eigenvalue weighted by Gasteiger charge is -2.48. The average molecular weight is 692 g/mol. The zero-order valence-corrected chi connectivity index (χ0v) is 34.3. The molecule has 1 heterocycles. The number of carbonyl (C=O) groups is 2. The van der Waals surface area contributed by atoms with Crippen LogP contribution >= 0.6 is 0 Å². The summed E-state index contributed by atoms with van der Waals surface area (Å²) in [6, 6.07) is 0. The van der Waals surface area contributed by atoms with Crippen LogP contribution in [0, 0.1) is 22.7 Å². The second-order valence-corrected chi connectivity index (χ2v) is 17.1. The van der Waals surface area contributed by atoms with Crippen molar-refractivity contribution in [3.05, 3.63) is 0 Å². The van der Waals surface area contributed by atoms with E-state index < -0.39 is 5.41 Å². The summed E-state index contributed by atoms with van der Waals surface area (Å²) in [5.74, 6) is 1.05. The number of unbranched alkanes of at least 4 members (excludes halogenated alkanes) is 15. The van der Waals surface area contributed by atoms with Gasteiger partial charge in [0.1, 0.15) is 6.10 Å². The van der Waals surface area contributed by atoms with E-state index >= 15 is 0 Å². The Morgan fingerprint density at radius 3 is 1.63 bits per heavy atom. The second kappa shape index (κ2) is 27.5. The molecule has 0 spiro atoms. The van der Waals surface area contributed by atoms with Gasteiger partial charge in [-0.2, -0.15) is 0 Å². The van der Waals surface area contributed by atoms with Crippen LogP contribution in [0.15, 0.2) is 0 Å². The van der Waals surface area contributed by atoms with E-state index in [2.05, 4.69) is 60.4 Å². The Labute approximate surface area is 306 Å². The van der Waals surface area contributed by atoms with Gasteiger partial charge in [-0.05, 0) is 109 Å². The zero-order valence-electron chi connectivity index (χ0n) is 34.3. The van der Waals surface area contributed by atoms with Gasteiger partial charge in [-0.25, -0.2) is 0 Å². The van der Waals surface area contributed by atoms with Gasteiger partial charge in [-0.3, -0.25) is 9.59 Å². The highest BCUT2D eigenvalue weighted by atomic mass is 16.5. The molecule has 0 aliphatic carbocycles. The van der Waals surface area contributed by atoms with Gasteiger partial charge in [0.05, 0.1) is 12.0 Å². The largest absolute Gasteiger partial charge is 0.466 e. The first-order valence-electron chi connectivity index (χ1n) is 21.5. The lowest BCUT2D eigenvalue weighted by Crippen LogP contribution is -2.49. The fourth-order valence-corrected chi connectivity index (χ4v) is 7.76. The Morgan fingerprint density at radius 2 is 1.08 bits per heavy atom. The molecule has 0 aromatic heterocycles. The molecule has 1 rings (SSSR count). The van der Waals surface area contributed by atoms with Crippen molar-refractivity contribution in [3.8, 4) is 0 Å². The monoisotopic (exact) mass is 692 g/mol. The van der Waals surface area contributed by atoms with Crippen molar-refractivity contribution in [2.75, 3.05) is 26.7 Å². The van der Waals surface area contributed by atoms with Gasteiger partial charge in [0, 0.05) is 6.42 Å². The third kappa shape index (κ3) is 19.9. The molecule has 0 aromatic carbocycles. The van der Waals surface area contributed by atoms with E-state index in [1.54, 1.807) is 0 Å². The molecule has 5 heteroatoms. The van der Waals surface area contributed by atoms with Crippen molar-refractivity contribution in [1.29, 1.82) is 0 Å². The quantitative estimate of drug-likeness (QED) is 0.0535. The van der Waals surface area contributed by atoms with Crippen molar-refractivity contribution in [2.24, 2.45) is 22.7 Å². The van der Waals surface area contributed by atoms with Gasteiger partial charge in [0.2, 0.25) is 0 Å². The maximum Gasteiger partial charge on any atom is 0.312 e. The van der Waals surface area contributed by atoms with E-state index in [1.165, 1.54) is 103 Å². The minimum atomic E-state index is -0.513. The number of esters is 2. The smallest absolute Gasteiger partial charge is 0.312 e. The van der Waals surface area contributed by atoms with E-state index in [4.69, 9.17) is 9.47 Å². The normalized spacial score (nSPS) is 16.1. The summed E-state index contributed by atoms with van der Waals surface area (Å²) >= 11 is 0. The third-order valence-electron chi connectivity index (χ3n) is 12.3. The predicted molar refractivity (Wildman–Crippen MR) is 210 cm³/mol. The standard InChI is InChI=1S/C44H85NO4/c1-9-12-15-17-18-21-25-30-40(49-42(47)44(6,7)43(4,5)39-32-34-45(8)35-33-39)31-26-22-19-20-23-27-36-48-41(46)37-38(28-14-11-3)29-24-16-13-10-2/h38-40H,9-37H2,1-8H3. The zero-order chi connectivity index (χ0) is 36.4. The van der Waals surface area contributed by atoms with Gasteiger partial charge >= 0.3 is 11.9 Å². The lowest BCUT2D eigenvalue weighted by atomic mass is 9.59. The number of piperidine rings is 1. The number of hydrogen-bond acceptors (Lipinski definition) is 5. The van der Waals surface area contributed by atoms with Crippen molar-refractivity contribution >= 4 is 11.9 Å². The van der Waals surface area contributed by atoms with Gasteiger partial charge in [0.25, 0.3) is 0 Å². The number of ether oxygens (including phenoxy) is 2. The number of hydrogen-bond donors (Lipinski definition) is 0. The number of carbonyl (C=O) groups excluding carboxylic acids is 2. The molecule has 1 aliphatic rings. The molecule has 0 saturated carbocycles. The molecule has 0 amide bonds. The van der Waals surface area contributed by atoms with Crippen molar-refractivity contribution in [3.63, 3.8) is 0 Å². The first kappa shape index (κ1) is 45.9. The summed E-state index contributed by atoms with van der Waals surface area (Å²) in [4.78, 5) is 28.8. The summed E-state index contributed by atoms with van der Waals surface area (Å²) in [7, 11) is 2.20. The summed E-state index contributed by atoms with van der Waals surface area (Å²) in [5, 5.41) is 0. The fourth-order valence-electron chi connectivity index (χ4n) is 7.76. The Bertz CT molecular complexity index is 816. The van der Waals surface area contributed by atoms with Crippen LogP contribution < -0.4 is 0 Å². The Kier molecular flexibility index (Phi) is 25.8. The SMILES string of the molecule is CCCCCCCCCC(CCCCCCCCOC(=O)CC(CCCC)CCCCCC)OC(=O)C(C)(C)C(C)(C)C1CCN(C)CC1. The molecule has 0 bridgehead atoms. The minimum absolute atomic E-state index is 0.00657. The van der Waals surface area contributed by atoms with Crippen LogP contribution in [0.2, 0.25) is 0 Å². The van der Waals surface area contributed by atoms with Crippen LogP contribution in [-0.2, 0) is 19.1 Å². The molecule has 0 N–H and O–H groups in total. The van der Waals surface area contributed by atoms with Crippen LogP contribution in [0.1, 0.15) is 215 Å². The van der Waals surface area contributed by atoms with Gasteiger partial charge in [-0.1, -0.05) is 137 Å². The molecule has 0 radical (unpaired) electrons. The van der Waals surface area contributed by atoms with Gasteiger partial charge in [-0.15, -0.1) is 0 Å². The fraction of sp³-hybridized carbons (Fsp3) is 0.955. The molecular weight excluding hydrogens is 606 g/mol. The molecular formula is C44H85NO4. The van der Waals surface area contributed by atoms with Gasteiger partial charge in [0.15, 0.2) is 0 Å². The number of nitrogens with zero attached hydrogens (tertiary/aromatic N) is 1. The van der Waals surface area contributed by atoms with Gasteiger partial charge < -0.3 is 14.4 Å². The lowest BCUT2D eigenvalue weighted by molar-refractivity contribution is -0.171. The van der Waals surface area contributed by atoms with Crippen LogP contribution in [0.25, 0.3) is 0 Å². The summed E-state index contributed by atoms with van der Waals surface area (Å²) in [6.07, 6.45) is 30.4. The average Bonchev–Trinajstić information content (AvgIpc) is 3.07. The molecule has 1 saturated heterocycles. The molecule has 290 valence electrons. The van der Waals surface area contributed by atoms with Crippen LogP contribution in [-0.4, -0.2) is 49.7 Å². The van der Waals surface area contributed by atoms with Crippen LogP contribution in [0.5, 0.6) is 0 Å². The summed E-state index contributed by atoms with van der Waals surface area (Å²) in [6.45, 7) is 18.4. The molecule has 49 heavy (non-hydrogen) atoms. The summed E-state index contributed by atoms with van der Waals surface area (Å²) < 4.78 is 12.1. The van der Waals surface area contributed by atoms with E-state index in [0.29, 0.717) is 24.9 Å². The summed E-state index contributed by atoms with van der Waals surface area (Å²) in [5.41, 5.74) is -0.616. The molecule has 1 aliphatic heterocycles. The number of rotatable bonds is 31. The molecule has 1 fully saturated rings. The highest BCUT2D eigenvalue weighted by Crippen LogP contribution is 2.49. The molecule has 0 aromatic rings. The van der Waals surface area contributed by atoms with Crippen LogP contribution in [0.4, 0.5) is 0 Å². The highest BCUT2D eigenvalue weighted by Gasteiger charge is 2.49. The molecule has 5 nitrogen and oxygen atoms in total. The Morgan fingerprint density at radius 1 is 0.633 bits per heavy atom. The van der Waals surface area contributed by atoms with E-state index in [-0.39, 0.29) is 23.5 Å². The van der Waals surface area contributed by atoms with Crippen LogP contribution in [0.3, 0.4) is 0 Å². The topological polar surface area (TPSA) is 55.8 Å². The molecule has 2 atom stereocenters.